The van der Waals surface area contributed by atoms with Gasteiger partial charge in [-0.3, -0.25) is 4.72 Å². The zero-order valence-corrected chi connectivity index (χ0v) is 11.9. The molecule has 98 valence electrons. The molecule has 0 atom stereocenters. The fraction of sp³-hybridized carbons (Fsp3) is 0.154. The van der Waals surface area contributed by atoms with Gasteiger partial charge in [0.15, 0.2) is 0 Å². The van der Waals surface area contributed by atoms with Gasteiger partial charge < -0.3 is 0 Å². The largest absolute Gasteiger partial charge is 0.279 e. The molecule has 0 radical (unpaired) electrons. The number of hydrogen-bond acceptors (Lipinski definition) is 4. The second-order valence-corrected chi connectivity index (χ2v) is 7.20. The number of rotatable bonds is 4. The van der Waals surface area contributed by atoms with Crippen molar-refractivity contribution in [2.75, 3.05) is 4.72 Å². The first-order valence-corrected chi connectivity index (χ1v) is 7.86. The third-order valence-electron chi connectivity index (χ3n) is 2.47. The van der Waals surface area contributed by atoms with Gasteiger partial charge in [-0.05, 0) is 36.8 Å². The van der Waals surface area contributed by atoms with Crippen LogP contribution in [0.15, 0.2) is 40.6 Å². The minimum atomic E-state index is -3.51. The number of hydrogen-bond donors (Lipinski definition) is 1. The van der Waals surface area contributed by atoms with Crippen LogP contribution < -0.4 is 4.72 Å². The van der Waals surface area contributed by atoms with Crippen molar-refractivity contribution in [1.29, 1.82) is 5.26 Å². The molecule has 0 unspecified atom stereocenters. The van der Waals surface area contributed by atoms with Crippen molar-refractivity contribution in [2.24, 2.45) is 0 Å². The molecule has 1 heterocycles. The Morgan fingerprint density at radius 1 is 1.21 bits per heavy atom. The predicted octanol–water partition coefficient (Wildman–Crippen LogP) is 2.92. The van der Waals surface area contributed by atoms with Gasteiger partial charge in [0.1, 0.15) is 4.21 Å². The van der Waals surface area contributed by atoms with E-state index in [1.165, 1.54) is 11.3 Å². The van der Waals surface area contributed by atoms with E-state index in [9.17, 15) is 8.42 Å². The summed E-state index contributed by atoms with van der Waals surface area (Å²) in [6, 6.07) is 12.2. The third kappa shape index (κ3) is 3.34. The summed E-state index contributed by atoms with van der Waals surface area (Å²) >= 11 is 1.23. The fourth-order valence-electron chi connectivity index (χ4n) is 1.54. The molecule has 2 aromatic rings. The lowest BCUT2D eigenvalue weighted by Gasteiger charge is -2.06. The normalized spacial score (nSPS) is 10.9. The highest BCUT2D eigenvalue weighted by atomic mass is 32.2. The van der Waals surface area contributed by atoms with Crippen LogP contribution in [-0.2, 0) is 16.4 Å². The van der Waals surface area contributed by atoms with Crippen LogP contribution in [0.4, 0.5) is 5.69 Å². The van der Waals surface area contributed by atoms with Gasteiger partial charge in [0.2, 0.25) is 0 Å². The first-order chi connectivity index (χ1) is 9.01. The summed E-state index contributed by atoms with van der Waals surface area (Å²) in [6.45, 7) is 1.86. The number of anilines is 1. The summed E-state index contributed by atoms with van der Waals surface area (Å²) in [6.07, 6.45) is 0.317. The topological polar surface area (TPSA) is 70.0 Å². The molecular formula is C13H12N2O2S2. The zero-order valence-electron chi connectivity index (χ0n) is 10.3. The molecule has 1 N–H and O–H groups in total. The van der Waals surface area contributed by atoms with E-state index in [2.05, 4.69) is 4.72 Å². The Morgan fingerprint density at radius 2 is 1.89 bits per heavy atom. The first kappa shape index (κ1) is 13.6. The molecule has 19 heavy (non-hydrogen) atoms. The van der Waals surface area contributed by atoms with E-state index < -0.39 is 10.0 Å². The number of sulfonamides is 1. The van der Waals surface area contributed by atoms with Crippen LogP contribution >= 0.6 is 11.3 Å². The highest BCUT2D eigenvalue weighted by Gasteiger charge is 2.15. The Bertz CT molecular complexity index is 710. The number of aryl methyl sites for hydroxylation is 1. The standard InChI is InChI=1S/C13H12N2O2S2/c1-10-2-7-13(18-10)19(16,17)15-12-5-3-11(4-6-12)8-9-14/h2-7,15H,8H2,1H3. The maximum Gasteiger partial charge on any atom is 0.271 e. The maximum absolute atomic E-state index is 12.1. The van der Waals surface area contributed by atoms with E-state index in [4.69, 9.17) is 5.26 Å². The van der Waals surface area contributed by atoms with E-state index in [1.807, 2.05) is 13.0 Å². The number of nitrogens with one attached hydrogen (secondary N) is 1. The molecule has 1 aromatic heterocycles. The summed E-state index contributed by atoms with van der Waals surface area (Å²) in [4.78, 5) is 0.949. The minimum Gasteiger partial charge on any atom is -0.279 e. The van der Waals surface area contributed by atoms with Gasteiger partial charge in [-0.25, -0.2) is 8.42 Å². The van der Waals surface area contributed by atoms with Crippen LogP contribution in [0, 0.1) is 18.3 Å². The van der Waals surface area contributed by atoms with Crippen LogP contribution in [-0.4, -0.2) is 8.42 Å². The molecule has 0 amide bonds. The van der Waals surface area contributed by atoms with E-state index in [0.29, 0.717) is 16.3 Å². The fourth-order valence-corrected chi connectivity index (χ4v) is 3.89. The molecule has 4 nitrogen and oxygen atoms in total. The zero-order chi connectivity index (χ0) is 13.9. The molecule has 0 saturated heterocycles. The monoisotopic (exact) mass is 292 g/mol. The number of benzene rings is 1. The number of nitrogens with zero attached hydrogens (tertiary/aromatic N) is 1. The molecule has 1 aromatic carbocycles. The van der Waals surface area contributed by atoms with Gasteiger partial charge in [-0.15, -0.1) is 11.3 Å². The summed E-state index contributed by atoms with van der Waals surface area (Å²) in [5.41, 5.74) is 1.35. The van der Waals surface area contributed by atoms with Gasteiger partial charge in [0.05, 0.1) is 12.5 Å². The Hall–Kier alpha value is -1.84. The summed E-state index contributed by atoms with van der Waals surface area (Å²) in [5.74, 6) is 0. The quantitative estimate of drug-likeness (QED) is 0.942. The highest BCUT2D eigenvalue weighted by Crippen LogP contribution is 2.23. The smallest absolute Gasteiger partial charge is 0.271 e. The second kappa shape index (κ2) is 5.43. The lowest BCUT2D eigenvalue weighted by atomic mass is 10.1. The third-order valence-corrected chi connectivity index (χ3v) is 5.34. The molecule has 6 heteroatoms. The number of thiophene rings is 1. The van der Waals surface area contributed by atoms with Crippen molar-refractivity contribution in [3.63, 3.8) is 0 Å². The first-order valence-electron chi connectivity index (χ1n) is 5.56. The van der Waals surface area contributed by atoms with Crippen molar-refractivity contribution in [3.8, 4) is 6.07 Å². The molecular weight excluding hydrogens is 280 g/mol. The van der Waals surface area contributed by atoms with Gasteiger partial charge in [0, 0.05) is 10.6 Å². The van der Waals surface area contributed by atoms with E-state index in [1.54, 1.807) is 36.4 Å². The van der Waals surface area contributed by atoms with Crippen LogP contribution in [0.3, 0.4) is 0 Å². The van der Waals surface area contributed by atoms with Crippen molar-refractivity contribution in [3.05, 3.63) is 46.8 Å². The van der Waals surface area contributed by atoms with Gasteiger partial charge in [-0.1, -0.05) is 12.1 Å². The molecule has 0 fully saturated rings. The molecule has 2 rings (SSSR count). The molecule has 0 aliphatic rings. The molecule has 0 spiro atoms. The number of nitriles is 1. The van der Waals surface area contributed by atoms with Crippen molar-refractivity contribution < 1.29 is 8.42 Å². The predicted molar refractivity (Wildman–Crippen MR) is 75.6 cm³/mol. The summed E-state index contributed by atoms with van der Waals surface area (Å²) < 4.78 is 27.0. The van der Waals surface area contributed by atoms with Crippen LogP contribution in [0.5, 0.6) is 0 Å². The highest BCUT2D eigenvalue weighted by molar-refractivity contribution is 7.94. The maximum atomic E-state index is 12.1. The Balaban J connectivity index is 2.19. The van der Waals surface area contributed by atoms with Gasteiger partial charge in [-0.2, -0.15) is 5.26 Å². The van der Waals surface area contributed by atoms with E-state index in [0.717, 1.165) is 10.4 Å². The minimum absolute atomic E-state index is 0.297. The van der Waals surface area contributed by atoms with E-state index in [-0.39, 0.29) is 0 Å². The molecule has 0 aliphatic carbocycles. The lowest BCUT2D eigenvalue weighted by Crippen LogP contribution is -2.11. The Kier molecular flexibility index (Phi) is 3.88. The SMILES string of the molecule is Cc1ccc(S(=O)(=O)Nc2ccc(CC#N)cc2)s1. The Morgan fingerprint density at radius 3 is 2.42 bits per heavy atom. The second-order valence-electron chi connectivity index (χ2n) is 4.00. The van der Waals surface area contributed by atoms with Crippen molar-refractivity contribution in [2.45, 2.75) is 17.6 Å². The molecule has 0 aliphatic heterocycles. The van der Waals surface area contributed by atoms with Crippen molar-refractivity contribution in [1.82, 2.24) is 0 Å². The summed E-state index contributed by atoms with van der Waals surface area (Å²) in [7, 11) is -3.51. The molecule has 0 saturated carbocycles. The van der Waals surface area contributed by atoms with Crippen LogP contribution in [0.2, 0.25) is 0 Å². The lowest BCUT2D eigenvalue weighted by molar-refractivity contribution is 0.603. The van der Waals surface area contributed by atoms with E-state index >= 15 is 0 Å². The molecule has 0 bridgehead atoms. The van der Waals surface area contributed by atoms with Gasteiger partial charge in [0.25, 0.3) is 10.0 Å². The van der Waals surface area contributed by atoms with Crippen molar-refractivity contribution >= 4 is 27.0 Å². The summed E-state index contributed by atoms with van der Waals surface area (Å²) in [5, 5.41) is 8.57. The average molecular weight is 292 g/mol. The van der Waals surface area contributed by atoms with Gasteiger partial charge >= 0.3 is 0 Å². The van der Waals surface area contributed by atoms with Crippen LogP contribution in [0.1, 0.15) is 10.4 Å². The average Bonchev–Trinajstić information content (AvgIpc) is 2.79. The van der Waals surface area contributed by atoms with Crippen LogP contribution in [0.25, 0.3) is 0 Å². The Labute approximate surface area is 116 Å².